The average Bonchev–Trinajstić information content (AvgIpc) is 3.21. The van der Waals surface area contributed by atoms with Gasteiger partial charge in [-0.1, -0.05) is 15.9 Å². The first-order valence-electron chi connectivity index (χ1n) is 9.67. The molecule has 0 aliphatic carbocycles. The molecule has 170 valence electrons. The van der Waals surface area contributed by atoms with E-state index < -0.39 is 16.2 Å². The largest absolute Gasteiger partial charge is 0.497 e. The van der Waals surface area contributed by atoms with Crippen molar-refractivity contribution in [1.29, 1.82) is 0 Å². The Morgan fingerprint density at radius 2 is 1.73 bits per heavy atom. The number of halogens is 1. The maximum absolute atomic E-state index is 13.3. The van der Waals surface area contributed by atoms with Gasteiger partial charge in [-0.05, 0) is 18.2 Å². The molecule has 0 spiro atoms. The van der Waals surface area contributed by atoms with E-state index in [0.717, 1.165) is 4.57 Å². The lowest BCUT2D eigenvalue weighted by molar-refractivity contribution is -0.384. The van der Waals surface area contributed by atoms with Gasteiger partial charge in [-0.3, -0.25) is 24.0 Å². The van der Waals surface area contributed by atoms with Crippen LogP contribution in [0.3, 0.4) is 0 Å². The second-order valence-corrected chi connectivity index (χ2v) is 8.13. The van der Waals surface area contributed by atoms with Gasteiger partial charge in [0.25, 0.3) is 11.2 Å². The number of aromatic nitrogens is 3. The molecule has 0 fully saturated rings. The maximum atomic E-state index is 13.3. The number of nitro groups is 1. The minimum Gasteiger partial charge on any atom is -0.497 e. The van der Waals surface area contributed by atoms with Crippen LogP contribution in [0.2, 0.25) is 0 Å². The molecule has 2 aromatic carbocycles. The molecule has 0 aliphatic heterocycles. The summed E-state index contributed by atoms with van der Waals surface area (Å²) in [7, 11) is 5.98. The maximum Gasteiger partial charge on any atom is 0.330 e. The van der Waals surface area contributed by atoms with E-state index in [9.17, 15) is 19.7 Å². The number of hydrogen-bond acceptors (Lipinski definition) is 6. The van der Waals surface area contributed by atoms with Crippen LogP contribution in [0.4, 0.5) is 5.69 Å². The molecule has 2 heterocycles. The fourth-order valence-electron chi connectivity index (χ4n) is 3.79. The number of aryl methyl sites for hydroxylation is 1. The monoisotopic (exact) mass is 514 g/mol. The molecule has 4 aromatic rings. The number of rotatable bonds is 5. The zero-order chi connectivity index (χ0) is 24.0. The summed E-state index contributed by atoms with van der Waals surface area (Å²) in [6.45, 7) is 0. The first kappa shape index (κ1) is 22.3. The SMILES string of the molecule is COc1ccc(OC)c(-n2cc3c(c2-c2cc([N+](=O)[O-])ccc2Br)c(=O)n(C)c(=O)n3C)c1. The Morgan fingerprint density at radius 3 is 2.36 bits per heavy atom. The minimum absolute atomic E-state index is 0.145. The number of nitro benzene ring substituents is 1. The van der Waals surface area contributed by atoms with Crippen molar-refractivity contribution in [3.05, 3.63) is 78.0 Å². The van der Waals surface area contributed by atoms with Crippen molar-refractivity contribution in [1.82, 2.24) is 13.7 Å². The molecule has 0 radical (unpaired) electrons. The highest BCUT2D eigenvalue weighted by atomic mass is 79.9. The standard InChI is InChI=1S/C22H19BrN4O6/c1-24-17-11-26(16-10-13(32-3)6-8-18(16)33-4)20(19(17)21(28)25(2)22(24)29)14-9-12(27(30)31)5-7-15(14)23/h5-11H,1-4H3. The van der Waals surface area contributed by atoms with Crippen LogP contribution in [-0.4, -0.2) is 32.8 Å². The van der Waals surface area contributed by atoms with Gasteiger partial charge in [-0.15, -0.1) is 0 Å². The van der Waals surface area contributed by atoms with Gasteiger partial charge >= 0.3 is 5.69 Å². The number of fused-ring (bicyclic) bond motifs is 1. The molecule has 0 unspecified atom stereocenters. The van der Waals surface area contributed by atoms with Gasteiger partial charge in [0.2, 0.25) is 0 Å². The van der Waals surface area contributed by atoms with Crippen LogP contribution in [-0.2, 0) is 14.1 Å². The van der Waals surface area contributed by atoms with Crippen molar-refractivity contribution in [2.24, 2.45) is 14.1 Å². The highest BCUT2D eigenvalue weighted by Gasteiger charge is 2.24. The summed E-state index contributed by atoms with van der Waals surface area (Å²) in [6, 6.07) is 9.45. The molecule has 0 aliphatic rings. The molecule has 0 atom stereocenters. The van der Waals surface area contributed by atoms with Gasteiger partial charge in [0.15, 0.2) is 0 Å². The predicted octanol–water partition coefficient (Wildman–Crippen LogP) is 3.38. The molecular formula is C22H19BrN4O6. The molecule has 2 aromatic heterocycles. The summed E-state index contributed by atoms with van der Waals surface area (Å²) in [5.41, 5.74) is 0.489. The van der Waals surface area contributed by atoms with Crippen LogP contribution in [0.25, 0.3) is 27.8 Å². The second kappa shape index (κ2) is 8.24. The quantitative estimate of drug-likeness (QED) is 0.298. The smallest absolute Gasteiger partial charge is 0.330 e. The molecule has 10 nitrogen and oxygen atoms in total. The summed E-state index contributed by atoms with van der Waals surface area (Å²) < 4.78 is 15.5. The number of hydrogen-bond donors (Lipinski definition) is 0. The molecule has 0 amide bonds. The molecule has 11 heteroatoms. The van der Waals surface area contributed by atoms with E-state index in [2.05, 4.69) is 15.9 Å². The molecule has 0 bridgehead atoms. The van der Waals surface area contributed by atoms with Crippen LogP contribution < -0.4 is 20.7 Å². The van der Waals surface area contributed by atoms with Crippen LogP contribution in [0.15, 0.2) is 56.7 Å². The minimum atomic E-state index is -0.526. The van der Waals surface area contributed by atoms with Crippen molar-refractivity contribution in [3.63, 3.8) is 0 Å². The summed E-state index contributed by atoms with van der Waals surface area (Å²) in [5, 5.41) is 11.7. The number of methoxy groups -OCH3 is 2. The molecule has 0 saturated heterocycles. The summed E-state index contributed by atoms with van der Waals surface area (Å²) >= 11 is 3.46. The van der Waals surface area contributed by atoms with Gasteiger partial charge < -0.3 is 14.0 Å². The van der Waals surface area contributed by atoms with Gasteiger partial charge in [-0.25, -0.2) is 4.79 Å². The molecule has 0 N–H and O–H groups in total. The molecule has 4 rings (SSSR count). The van der Waals surface area contributed by atoms with Gasteiger partial charge in [0.1, 0.15) is 11.5 Å². The fraction of sp³-hybridized carbons (Fsp3) is 0.182. The molecule has 0 saturated carbocycles. The lowest BCUT2D eigenvalue weighted by Crippen LogP contribution is -2.36. The number of non-ortho nitro benzene ring substituents is 1. The first-order valence-corrected chi connectivity index (χ1v) is 10.5. The zero-order valence-corrected chi connectivity index (χ0v) is 19.7. The van der Waals surface area contributed by atoms with Crippen LogP contribution in [0, 0.1) is 10.1 Å². The Balaban J connectivity index is 2.26. The number of nitrogens with zero attached hydrogens (tertiary/aromatic N) is 4. The van der Waals surface area contributed by atoms with Crippen molar-refractivity contribution in [2.75, 3.05) is 14.2 Å². The van der Waals surface area contributed by atoms with E-state index >= 15 is 0 Å². The van der Waals surface area contributed by atoms with E-state index in [4.69, 9.17) is 9.47 Å². The van der Waals surface area contributed by atoms with Crippen molar-refractivity contribution < 1.29 is 14.4 Å². The number of benzene rings is 2. The van der Waals surface area contributed by atoms with Crippen LogP contribution in [0.5, 0.6) is 11.5 Å². The zero-order valence-electron chi connectivity index (χ0n) is 18.2. The van der Waals surface area contributed by atoms with E-state index in [-0.39, 0.29) is 11.1 Å². The Morgan fingerprint density at radius 1 is 1.00 bits per heavy atom. The number of ether oxygens (including phenoxy) is 2. The third kappa shape index (κ3) is 3.50. The third-order valence-electron chi connectivity index (χ3n) is 5.50. The van der Waals surface area contributed by atoms with E-state index in [1.165, 1.54) is 38.0 Å². The fourth-order valence-corrected chi connectivity index (χ4v) is 4.22. The Kier molecular flexibility index (Phi) is 5.58. The lowest BCUT2D eigenvalue weighted by Gasteiger charge is -2.15. The first-order chi connectivity index (χ1) is 15.7. The Hall–Kier alpha value is -3.86. The normalized spacial score (nSPS) is 11.1. The Bertz CT molecular complexity index is 1550. The summed E-state index contributed by atoms with van der Waals surface area (Å²) in [4.78, 5) is 36.9. The third-order valence-corrected chi connectivity index (χ3v) is 6.19. The lowest BCUT2D eigenvalue weighted by atomic mass is 10.1. The predicted molar refractivity (Wildman–Crippen MR) is 127 cm³/mol. The van der Waals surface area contributed by atoms with Gasteiger partial charge in [-0.2, -0.15) is 0 Å². The van der Waals surface area contributed by atoms with E-state index in [1.54, 1.807) is 42.1 Å². The molecule has 33 heavy (non-hydrogen) atoms. The highest BCUT2D eigenvalue weighted by Crippen LogP contribution is 2.39. The van der Waals surface area contributed by atoms with Crippen LogP contribution >= 0.6 is 15.9 Å². The van der Waals surface area contributed by atoms with Gasteiger partial charge in [0, 0.05) is 48.5 Å². The average molecular weight is 515 g/mol. The van der Waals surface area contributed by atoms with Crippen molar-refractivity contribution in [2.45, 2.75) is 0 Å². The molecular weight excluding hydrogens is 496 g/mol. The Labute approximate surface area is 195 Å². The van der Waals surface area contributed by atoms with Crippen molar-refractivity contribution in [3.8, 4) is 28.4 Å². The van der Waals surface area contributed by atoms with Crippen molar-refractivity contribution >= 4 is 32.5 Å². The van der Waals surface area contributed by atoms with Gasteiger partial charge in [0.05, 0.1) is 41.4 Å². The van der Waals surface area contributed by atoms with E-state index in [1.807, 2.05) is 0 Å². The summed E-state index contributed by atoms with van der Waals surface area (Å²) in [5.74, 6) is 1.01. The highest BCUT2D eigenvalue weighted by molar-refractivity contribution is 9.10. The summed E-state index contributed by atoms with van der Waals surface area (Å²) in [6.07, 6.45) is 1.63. The van der Waals surface area contributed by atoms with Crippen LogP contribution in [0.1, 0.15) is 0 Å². The topological polar surface area (TPSA) is 111 Å². The second-order valence-electron chi connectivity index (χ2n) is 7.27. The van der Waals surface area contributed by atoms with E-state index in [0.29, 0.717) is 38.4 Å².